The maximum absolute atomic E-state index is 12.6. The predicted molar refractivity (Wildman–Crippen MR) is 85.7 cm³/mol. The zero-order valence-corrected chi connectivity index (χ0v) is 13.3. The van der Waals surface area contributed by atoms with E-state index < -0.39 is 0 Å². The third-order valence-corrected chi connectivity index (χ3v) is 4.65. The zero-order chi connectivity index (χ0) is 15.4. The van der Waals surface area contributed by atoms with Crippen LogP contribution in [0.15, 0.2) is 30.3 Å². The summed E-state index contributed by atoms with van der Waals surface area (Å²) in [5, 5.41) is 0. The third-order valence-electron chi connectivity index (χ3n) is 4.65. The maximum Gasteiger partial charge on any atom is 0.236 e. The van der Waals surface area contributed by atoms with Crippen LogP contribution in [0.25, 0.3) is 0 Å². The van der Waals surface area contributed by atoms with Crippen LogP contribution in [-0.4, -0.2) is 80.1 Å². The molecular weight excluding hydrogens is 278 g/mol. The van der Waals surface area contributed by atoms with Crippen LogP contribution in [0, 0.1) is 0 Å². The van der Waals surface area contributed by atoms with E-state index in [1.165, 1.54) is 5.56 Å². The molecule has 2 saturated heterocycles. The van der Waals surface area contributed by atoms with E-state index in [9.17, 15) is 4.79 Å². The van der Waals surface area contributed by atoms with Gasteiger partial charge in [-0.3, -0.25) is 14.6 Å². The quantitative estimate of drug-likeness (QED) is 0.829. The molecule has 0 aromatic heterocycles. The van der Waals surface area contributed by atoms with Crippen LogP contribution in [-0.2, 0) is 9.53 Å². The van der Waals surface area contributed by atoms with Crippen LogP contribution in [0.4, 0.5) is 0 Å². The molecule has 5 nitrogen and oxygen atoms in total. The average molecular weight is 303 g/mol. The standard InChI is InChI=1S/C17H25N3O2/c1-18-7-8-20(13-16(18)15-5-3-2-4-6-15)17(21)14-19-9-11-22-12-10-19/h2-6,16H,7-14H2,1H3. The fourth-order valence-electron chi connectivity index (χ4n) is 3.19. The Labute approximate surface area is 132 Å². The number of benzene rings is 1. The van der Waals surface area contributed by atoms with Crippen molar-refractivity contribution in [3.8, 4) is 0 Å². The molecule has 1 unspecified atom stereocenters. The van der Waals surface area contributed by atoms with Crippen LogP contribution >= 0.6 is 0 Å². The van der Waals surface area contributed by atoms with Gasteiger partial charge in [-0.2, -0.15) is 0 Å². The number of carbonyl (C=O) groups is 1. The van der Waals surface area contributed by atoms with Gasteiger partial charge in [0.2, 0.25) is 5.91 Å². The molecule has 0 spiro atoms. The van der Waals surface area contributed by atoms with Crippen molar-refractivity contribution in [2.45, 2.75) is 6.04 Å². The molecule has 1 atom stereocenters. The van der Waals surface area contributed by atoms with Gasteiger partial charge in [-0.05, 0) is 12.6 Å². The van der Waals surface area contributed by atoms with E-state index in [1.54, 1.807) is 0 Å². The van der Waals surface area contributed by atoms with Crippen LogP contribution in [0.3, 0.4) is 0 Å². The second-order valence-corrected chi connectivity index (χ2v) is 6.14. The van der Waals surface area contributed by atoms with Crippen molar-refractivity contribution in [1.29, 1.82) is 0 Å². The van der Waals surface area contributed by atoms with Crippen molar-refractivity contribution in [3.05, 3.63) is 35.9 Å². The van der Waals surface area contributed by atoms with Crippen molar-refractivity contribution in [1.82, 2.24) is 14.7 Å². The molecule has 1 aromatic carbocycles. The van der Waals surface area contributed by atoms with Gasteiger partial charge in [-0.25, -0.2) is 0 Å². The van der Waals surface area contributed by atoms with Crippen LogP contribution in [0.5, 0.6) is 0 Å². The molecule has 0 aliphatic carbocycles. The minimum absolute atomic E-state index is 0.246. The number of ether oxygens (including phenoxy) is 1. The second kappa shape index (κ2) is 7.22. The molecule has 0 radical (unpaired) electrons. The number of rotatable bonds is 3. The van der Waals surface area contributed by atoms with Gasteiger partial charge in [-0.1, -0.05) is 30.3 Å². The highest BCUT2D eigenvalue weighted by Crippen LogP contribution is 2.23. The molecule has 2 heterocycles. The van der Waals surface area contributed by atoms with E-state index in [-0.39, 0.29) is 5.91 Å². The first-order valence-electron chi connectivity index (χ1n) is 8.07. The molecule has 2 aliphatic heterocycles. The molecule has 22 heavy (non-hydrogen) atoms. The largest absolute Gasteiger partial charge is 0.379 e. The molecule has 0 saturated carbocycles. The fourth-order valence-corrected chi connectivity index (χ4v) is 3.19. The number of likely N-dealkylation sites (N-methyl/N-ethyl adjacent to an activating group) is 1. The lowest BCUT2D eigenvalue weighted by molar-refractivity contribution is -0.136. The second-order valence-electron chi connectivity index (χ2n) is 6.14. The summed E-state index contributed by atoms with van der Waals surface area (Å²) in [4.78, 5) is 19.1. The fraction of sp³-hybridized carbons (Fsp3) is 0.588. The molecule has 120 valence electrons. The number of nitrogens with zero attached hydrogens (tertiary/aromatic N) is 3. The first-order valence-corrected chi connectivity index (χ1v) is 8.07. The molecule has 2 aliphatic rings. The van der Waals surface area contributed by atoms with E-state index in [2.05, 4.69) is 41.1 Å². The van der Waals surface area contributed by atoms with E-state index in [4.69, 9.17) is 4.74 Å². The Kier molecular flexibility index (Phi) is 5.08. The number of amides is 1. The van der Waals surface area contributed by atoms with Gasteiger partial charge >= 0.3 is 0 Å². The van der Waals surface area contributed by atoms with E-state index in [0.29, 0.717) is 12.6 Å². The summed E-state index contributed by atoms with van der Waals surface area (Å²) in [6.45, 7) is 6.25. The molecule has 5 heteroatoms. The normalized spacial score (nSPS) is 24.4. The van der Waals surface area contributed by atoms with Crippen LogP contribution < -0.4 is 0 Å². The highest BCUT2D eigenvalue weighted by atomic mass is 16.5. The van der Waals surface area contributed by atoms with Gasteiger partial charge in [0.25, 0.3) is 0 Å². The first kappa shape index (κ1) is 15.5. The zero-order valence-electron chi connectivity index (χ0n) is 13.3. The molecule has 2 fully saturated rings. The van der Waals surface area contributed by atoms with Gasteiger partial charge in [0.1, 0.15) is 0 Å². The van der Waals surface area contributed by atoms with Crippen molar-refractivity contribution >= 4 is 5.91 Å². The molecule has 1 aromatic rings. The van der Waals surface area contributed by atoms with E-state index >= 15 is 0 Å². The predicted octanol–water partition coefficient (Wildman–Crippen LogP) is 0.834. The minimum atomic E-state index is 0.246. The van der Waals surface area contributed by atoms with Crippen molar-refractivity contribution < 1.29 is 9.53 Å². The number of carbonyl (C=O) groups excluding carboxylic acids is 1. The summed E-state index contributed by atoms with van der Waals surface area (Å²) in [7, 11) is 2.14. The lowest BCUT2D eigenvalue weighted by atomic mass is 10.0. The lowest BCUT2D eigenvalue weighted by Crippen LogP contribution is -2.52. The summed E-state index contributed by atoms with van der Waals surface area (Å²) < 4.78 is 5.34. The van der Waals surface area contributed by atoms with Crippen molar-refractivity contribution in [3.63, 3.8) is 0 Å². The number of hydrogen-bond acceptors (Lipinski definition) is 4. The summed E-state index contributed by atoms with van der Waals surface area (Å²) in [6.07, 6.45) is 0. The molecule has 0 bridgehead atoms. The number of morpholine rings is 1. The molecular formula is C17H25N3O2. The highest BCUT2D eigenvalue weighted by Gasteiger charge is 2.29. The Morgan fingerprint density at radius 2 is 1.86 bits per heavy atom. The van der Waals surface area contributed by atoms with Crippen molar-refractivity contribution in [2.24, 2.45) is 0 Å². The first-order chi connectivity index (χ1) is 10.7. The minimum Gasteiger partial charge on any atom is -0.379 e. The Hall–Kier alpha value is -1.43. The van der Waals surface area contributed by atoms with Gasteiger partial charge in [0, 0.05) is 32.7 Å². The van der Waals surface area contributed by atoms with E-state index in [0.717, 1.165) is 45.9 Å². The van der Waals surface area contributed by atoms with Crippen LogP contribution in [0.1, 0.15) is 11.6 Å². The maximum atomic E-state index is 12.6. The third kappa shape index (κ3) is 3.66. The SMILES string of the molecule is CN1CCN(C(=O)CN2CCOCC2)CC1c1ccccc1. The summed E-state index contributed by atoms with van der Waals surface area (Å²) >= 11 is 0. The van der Waals surface area contributed by atoms with Crippen molar-refractivity contribution in [2.75, 3.05) is 59.5 Å². The van der Waals surface area contributed by atoms with E-state index in [1.807, 2.05) is 11.0 Å². The summed E-state index contributed by atoms with van der Waals surface area (Å²) in [6, 6.07) is 10.8. The molecule has 0 N–H and O–H groups in total. The smallest absolute Gasteiger partial charge is 0.236 e. The van der Waals surface area contributed by atoms with Gasteiger partial charge in [0.05, 0.1) is 25.8 Å². The van der Waals surface area contributed by atoms with Gasteiger partial charge in [-0.15, -0.1) is 0 Å². The van der Waals surface area contributed by atoms with Gasteiger partial charge < -0.3 is 9.64 Å². The molecule has 3 rings (SSSR count). The molecule has 1 amide bonds. The van der Waals surface area contributed by atoms with Crippen LogP contribution in [0.2, 0.25) is 0 Å². The number of hydrogen-bond donors (Lipinski definition) is 0. The van der Waals surface area contributed by atoms with Gasteiger partial charge in [0.15, 0.2) is 0 Å². The summed E-state index contributed by atoms with van der Waals surface area (Å²) in [5.74, 6) is 0.246. The summed E-state index contributed by atoms with van der Waals surface area (Å²) in [5.41, 5.74) is 1.29. The Morgan fingerprint density at radius 1 is 1.14 bits per heavy atom. The Bertz CT molecular complexity index is 488. The number of piperazine rings is 1. The topological polar surface area (TPSA) is 36.0 Å². The highest BCUT2D eigenvalue weighted by molar-refractivity contribution is 5.78. The Balaban J connectivity index is 1.61. The lowest BCUT2D eigenvalue weighted by Gasteiger charge is -2.40. The average Bonchev–Trinajstić information content (AvgIpc) is 2.57. The Morgan fingerprint density at radius 3 is 2.59 bits per heavy atom. The monoisotopic (exact) mass is 303 g/mol.